The van der Waals surface area contributed by atoms with Crippen LogP contribution in [0, 0.1) is 10.1 Å². The Hall–Kier alpha value is -3.49. The average Bonchev–Trinajstić information content (AvgIpc) is 2.70. The zero-order valence-electron chi connectivity index (χ0n) is 16.3. The van der Waals surface area contributed by atoms with Gasteiger partial charge in [0.05, 0.1) is 25.7 Å². The van der Waals surface area contributed by atoms with Crippen molar-refractivity contribution >= 4 is 23.0 Å². The first-order chi connectivity index (χ1) is 13.9. The Balaban J connectivity index is 2.08. The predicted molar refractivity (Wildman–Crippen MR) is 108 cm³/mol. The highest BCUT2D eigenvalue weighted by atomic mass is 16.6. The molecule has 0 aliphatic carbocycles. The lowest BCUT2D eigenvalue weighted by atomic mass is 10.2. The summed E-state index contributed by atoms with van der Waals surface area (Å²) in [4.78, 5) is 21.4. The maximum atomic E-state index is 11.4. The van der Waals surface area contributed by atoms with Crippen LogP contribution in [0.1, 0.15) is 25.7 Å². The minimum absolute atomic E-state index is 0.0893. The Bertz CT molecular complexity index is 855. The maximum absolute atomic E-state index is 11.4. The third kappa shape index (κ3) is 6.56. The molecule has 0 fully saturated rings. The monoisotopic (exact) mass is 404 g/mol. The molecule has 0 aliphatic heterocycles. The number of nitro benzene ring substituents is 1. The van der Waals surface area contributed by atoms with Crippen LogP contribution in [-0.2, 0) is 4.79 Å². The number of aliphatic carboxylic acids is 1. The van der Waals surface area contributed by atoms with Crippen molar-refractivity contribution in [2.75, 3.05) is 26.1 Å². The molecule has 0 saturated carbocycles. The van der Waals surface area contributed by atoms with Gasteiger partial charge in [0, 0.05) is 30.3 Å². The van der Waals surface area contributed by atoms with Gasteiger partial charge in [-0.25, -0.2) is 0 Å². The number of nitrogens with zero attached hydrogens (tertiary/aromatic N) is 1. The van der Waals surface area contributed by atoms with Crippen molar-refractivity contribution in [3.63, 3.8) is 0 Å². The fourth-order valence-corrected chi connectivity index (χ4v) is 2.68. The number of nitrogens with one attached hydrogen (secondary N) is 1. The standard InChI is InChI=1S/C20H24N2O7/c1-27-18-10-7-14(12-19(18)28-2)21-16-13-15(8-9-17(16)22(25)26)29-11-5-3-4-6-20(23)24/h7-10,12-13,21H,3-6,11H2,1-2H3,(H,23,24). The molecule has 0 atom stereocenters. The van der Waals surface area contributed by atoms with E-state index in [1.807, 2.05) is 0 Å². The molecule has 156 valence electrons. The second-order valence-corrected chi connectivity index (χ2v) is 6.18. The Kier molecular flexibility index (Phi) is 8.08. The van der Waals surface area contributed by atoms with Gasteiger partial charge in [-0.15, -0.1) is 0 Å². The number of carboxylic acid groups (broad SMARTS) is 1. The third-order valence-electron chi connectivity index (χ3n) is 4.13. The summed E-state index contributed by atoms with van der Waals surface area (Å²) in [7, 11) is 3.04. The highest BCUT2D eigenvalue weighted by Crippen LogP contribution is 2.35. The number of benzene rings is 2. The van der Waals surface area contributed by atoms with Crippen LogP contribution >= 0.6 is 0 Å². The number of nitro groups is 1. The minimum atomic E-state index is -0.813. The van der Waals surface area contributed by atoms with E-state index in [0.29, 0.717) is 42.4 Å². The highest BCUT2D eigenvalue weighted by Gasteiger charge is 2.16. The molecule has 0 saturated heterocycles. The Labute approximate surface area is 168 Å². The van der Waals surface area contributed by atoms with E-state index in [4.69, 9.17) is 19.3 Å². The topological polar surface area (TPSA) is 120 Å². The highest BCUT2D eigenvalue weighted by molar-refractivity contribution is 5.72. The molecule has 9 heteroatoms. The molecule has 29 heavy (non-hydrogen) atoms. The molecule has 0 aliphatic rings. The Morgan fingerprint density at radius 1 is 1.07 bits per heavy atom. The van der Waals surface area contributed by atoms with E-state index in [-0.39, 0.29) is 17.8 Å². The number of carbonyl (C=O) groups is 1. The van der Waals surface area contributed by atoms with Gasteiger partial charge in [0.2, 0.25) is 0 Å². The van der Waals surface area contributed by atoms with Gasteiger partial charge in [0.25, 0.3) is 5.69 Å². The molecule has 9 nitrogen and oxygen atoms in total. The molecule has 2 aromatic rings. The number of anilines is 2. The molecule has 0 aromatic heterocycles. The lowest BCUT2D eigenvalue weighted by Crippen LogP contribution is -2.01. The summed E-state index contributed by atoms with van der Waals surface area (Å²) < 4.78 is 16.1. The van der Waals surface area contributed by atoms with E-state index in [0.717, 1.165) is 6.42 Å². The van der Waals surface area contributed by atoms with Crippen LogP contribution < -0.4 is 19.5 Å². The van der Waals surface area contributed by atoms with Crippen molar-refractivity contribution < 1.29 is 29.0 Å². The number of hydrogen-bond donors (Lipinski definition) is 2. The van der Waals surface area contributed by atoms with Gasteiger partial charge >= 0.3 is 5.97 Å². The van der Waals surface area contributed by atoms with Crippen molar-refractivity contribution in [1.82, 2.24) is 0 Å². The van der Waals surface area contributed by atoms with E-state index in [1.165, 1.54) is 26.4 Å². The molecule has 2 aromatic carbocycles. The van der Waals surface area contributed by atoms with Crippen molar-refractivity contribution in [3.05, 3.63) is 46.5 Å². The third-order valence-corrected chi connectivity index (χ3v) is 4.13. The summed E-state index contributed by atoms with van der Waals surface area (Å²) >= 11 is 0. The van der Waals surface area contributed by atoms with Gasteiger partial charge in [-0.1, -0.05) is 0 Å². The average molecular weight is 404 g/mol. The molecular formula is C20H24N2O7. The van der Waals surface area contributed by atoms with Crippen LogP contribution in [0.2, 0.25) is 0 Å². The van der Waals surface area contributed by atoms with Gasteiger partial charge in [0.15, 0.2) is 11.5 Å². The van der Waals surface area contributed by atoms with Crippen LogP contribution in [0.4, 0.5) is 17.1 Å². The van der Waals surface area contributed by atoms with Crippen LogP contribution in [0.15, 0.2) is 36.4 Å². The quantitative estimate of drug-likeness (QED) is 0.304. The normalized spacial score (nSPS) is 10.3. The van der Waals surface area contributed by atoms with Gasteiger partial charge in [0.1, 0.15) is 11.4 Å². The summed E-state index contributed by atoms with van der Waals surface area (Å²) in [5, 5.41) is 23.0. The molecule has 2 N–H and O–H groups in total. The summed E-state index contributed by atoms with van der Waals surface area (Å²) in [5.74, 6) is 0.713. The van der Waals surface area contributed by atoms with Crippen molar-refractivity contribution in [3.8, 4) is 17.2 Å². The van der Waals surface area contributed by atoms with Crippen molar-refractivity contribution in [2.45, 2.75) is 25.7 Å². The van der Waals surface area contributed by atoms with E-state index >= 15 is 0 Å². The summed E-state index contributed by atoms with van der Waals surface area (Å²) in [6.45, 7) is 0.396. The lowest BCUT2D eigenvalue weighted by molar-refractivity contribution is -0.383. The van der Waals surface area contributed by atoms with Crippen molar-refractivity contribution in [1.29, 1.82) is 0 Å². The molecular weight excluding hydrogens is 380 g/mol. The number of rotatable bonds is 12. The smallest absolute Gasteiger partial charge is 0.303 e. The summed E-state index contributed by atoms with van der Waals surface area (Å²) in [6.07, 6.45) is 2.15. The summed E-state index contributed by atoms with van der Waals surface area (Å²) in [6, 6.07) is 9.58. The molecule has 0 amide bonds. The SMILES string of the molecule is COc1ccc(Nc2cc(OCCCCCC(=O)O)ccc2[N+](=O)[O-])cc1OC. The second kappa shape index (κ2) is 10.7. The maximum Gasteiger partial charge on any atom is 0.303 e. The predicted octanol–water partition coefficient (Wildman–Crippen LogP) is 4.38. The first kappa shape index (κ1) is 21.8. The van der Waals surface area contributed by atoms with Crippen LogP contribution in [0.25, 0.3) is 0 Å². The Morgan fingerprint density at radius 3 is 2.48 bits per heavy atom. The van der Waals surface area contributed by atoms with E-state index < -0.39 is 10.9 Å². The fraction of sp³-hybridized carbons (Fsp3) is 0.350. The number of ether oxygens (including phenoxy) is 3. The largest absolute Gasteiger partial charge is 0.494 e. The molecule has 0 bridgehead atoms. The van der Waals surface area contributed by atoms with Crippen molar-refractivity contribution in [2.24, 2.45) is 0 Å². The van der Waals surface area contributed by atoms with E-state index in [2.05, 4.69) is 5.32 Å². The second-order valence-electron chi connectivity index (χ2n) is 6.18. The van der Waals surface area contributed by atoms with Crippen LogP contribution in [0.3, 0.4) is 0 Å². The van der Waals surface area contributed by atoms with Gasteiger partial charge in [-0.05, 0) is 37.5 Å². The number of carboxylic acids is 1. The lowest BCUT2D eigenvalue weighted by Gasteiger charge is -2.13. The molecule has 0 spiro atoms. The van der Waals surface area contributed by atoms with Crippen LogP contribution in [0.5, 0.6) is 17.2 Å². The van der Waals surface area contributed by atoms with Gasteiger partial charge in [-0.2, -0.15) is 0 Å². The zero-order valence-corrected chi connectivity index (χ0v) is 16.3. The molecule has 0 radical (unpaired) electrons. The first-order valence-electron chi connectivity index (χ1n) is 9.06. The molecule has 2 rings (SSSR count). The first-order valence-corrected chi connectivity index (χ1v) is 9.06. The van der Waals surface area contributed by atoms with Crippen LogP contribution in [-0.4, -0.2) is 36.8 Å². The molecule has 0 unspecified atom stereocenters. The Morgan fingerprint density at radius 2 is 1.83 bits per heavy atom. The number of methoxy groups -OCH3 is 2. The number of hydrogen-bond acceptors (Lipinski definition) is 7. The number of unbranched alkanes of at least 4 members (excludes halogenated alkanes) is 2. The van der Waals surface area contributed by atoms with Gasteiger partial charge in [-0.3, -0.25) is 14.9 Å². The van der Waals surface area contributed by atoms with E-state index in [1.54, 1.807) is 24.3 Å². The molecule has 0 heterocycles. The van der Waals surface area contributed by atoms with E-state index in [9.17, 15) is 14.9 Å². The zero-order chi connectivity index (χ0) is 21.2. The fourth-order valence-electron chi connectivity index (χ4n) is 2.68. The van der Waals surface area contributed by atoms with Gasteiger partial charge < -0.3 is 24.6 Å². The minimum Gasteiger partial charge on any atom is -0.494 e. The summed E-state index contributed by atoms with van der Waals surface area (Å²) in [5.41, 5.74) is 0.788.